The highest BCUT2D eigenvalue weighted by molar-refractivity contribution is 5.89. The van der Waals surface area contributed by atoms with Gasteiger partial charge in [-0.15, -0.1) is 0 Å². The summed E-state index contributed by atoms with van der Waals surface area (Å²) in [6.07, 6.45) is 14.5. The van der Waals surface area contributed by atoms with Crippen LogP contribution < -0.4 is 5.32 Å². The van der Waals surface area contributed by atoms with Gasteiger partial charge in [-0.1, -0.05) is 52.7 Å². The number of amides is 1. The molecule has 1 aromatic rings. The summed E-state index contributed by atoms with van der Waals surface area (Å²) in [4.78, 5) is 28.8. The lowest BCUT2D eigenvalue weighted by Gasteiger charge is -2.62. The SMILES string of the molecule is CC(=O)O[C@H]1CC[C@]2(C)C3=C(CC[C@H]2C1(C)C)[C@]1(C)CC[C@H]([C@H](C)CCC(=O)Nc2nccn2C)[C@@]1(C)CC3. The van der Waals surface area contributed by atoms with Crippen LogP contribution in [0.25, 0.3) is 0 Å². The number of hydrogen-bond acceptors (Lipinski definition) is 4. The number of esters is 1. The molecule has 216 valence electrons. The Kier molecular flexibility index (Phi) is 7.12. The summed E-state index contributed by atoms with van der Waals surface area (Å²) < 4.78 is 7.71. The van der Waals surface area contributed by atoms with Crippen LogP contribution in [0.3, 0.4) is 0 Å². The predicted octanol–water partition coefficient (Wildman–Crippen LogP) is 7.46. The number of imidazole rings is 1. The fraction of sp³-hybridized carbons (Fsp3) is 0.788. The molecule has 6 nitrogen and oxygen atoms in total. The van der Waals surface area contributed by atoms with Gasteiger partial charge in [-0.3, -0.25) is 14.9 Å². The van der Waals surface area contributed by atoms with Crippen molar-refractivity contribution >= 4 is 17.8 Å². The maximum Gasteiger partial charge on any atom is 0.302 e. The topological polar surface area (TPSA) is 73.2 Å². The fourth-order valence-corrected chi connectivity index (χ4v) is 10.3. The molecule has 1 aromatic heterocycles. The second-order valence-corrected chi connectivity index (χ2v) is 14.7. The van der Waals surface area contributed by atoms with Gasteiger partial charge in [0.15, 0.2) is 0 Å². The van der Waals surface area contributed by atoms with E-state index in [2.05, 4.69) is 51.8 Å². The summed E-state index contributed by atoms with van der Waals surface area (Å²) in [5.41, 5.74) is 4.23. The lowest BCUT2D eigenvalue weighted by atomic mass is 9.43. The Labute approximate surface area is 235 Å². The van der Waals surface area contributed by atoms with Gasteiger partial charge in [-0.25, -0.2) is 4.98 Å². The third-order valence-electron chi connectivity index (χ3n) is 12.6. The summed E-state index contributed by atoms with van der Waals surface area (Å²) in [7, 11) is 1.90. The van der Waals surface area contributed by atoms with E-state index in [-0.39, 0.29) is 39.6 Å². The molecule has 2 saturated carbocycles. The van der Waals surface area contributed by atoms with E-state index in [4.69, 9.17) is 4.74 Å². The minimum atomic E-state index is -0.145. The molecule has 4 aliphatic rings. The van der Waals surface area contributed by atoms with E-state index in [1.807, 2.05) is 17.8 Å². The van der Waals surface area contributed by atoms with Crippen LogP contribution in [0, 0.1) is 39.4 Å². The molecule has 0 unspecified atom stereocenters. The van der Waals surface area contributed by atoms with Crippen molar-refractivity contribution in [3.8, 4) is 0 Å². The van der Waals surface area contributed by atoms with Crippen molar-refractivity contribution in [1.82, 2.24) is 9.55 Å². The molecular weight excluding hydrogens is 486 g/mol. The Bertz CT molecular complexity index is 1170. The molecule has 0 aliphatic heterocycles. The highest BCUT2D eigenvalue weighted by Gasteiger charge is 2.63. The molecule has 4 aliphatic carbocycles. The number of nitrogens with zero attached hydrogens (tertiary/aromatic N) is 2. The number of aromatic nitrogens is 2. The Hall–Kier alpha value is -2.11. The molecule has 6 heteroatoms. The molecule has 1 N–H and O–H groups in total. The van der Waals surface area contributed by atoms with Crippen LogP contribution in [0.5, 0.6) is 0 Å². The van der Waals surface area contributed by atoms with E-state index >= 15 is 0 Å². The van der Waals surface area contributed by atoms with E-state index in [9.17, 15) is 9.59 Å². The Morgan fingerprint density at radius 1 is 1.08 bits per heavy atom. The summed E-state index contributed by atoms with van der Waals surface area (Å²) >= 11 is 0. The summed E-state index contributed by atoms with van der Waals surface area (Å²) in [6, 6.07) is 0. The van der Waals surface area contributed by atoms with Crippen molar-refractivity contribution in [3.05, 3.63) is 23.5 Å². The van der Waals surface area contributed by atoms with Crippen LogP contribution in [0.4, 0.5) is 5.95 Å². The van der Waals surface area contributed by atoms with Crippen LogP contribution in [-0.4, -0.2) is 27.5 Å². The Morgan fingerprint density at radius 2 is 1.82 bits per heavy atom. The van der Waals surface area contributed by atoms with Crippen molar-refractivity contribution in [3.63, 3.8) is 0 Å². The molecule has 1 amide bonds. The van der Waals surface area contributed by atoms with E-state index in [0.29, 0.717) is 30.1 Å². The second-order valence-electron chi connectivity index (χ2n) is 14.7. The predicted molar refractivity (Wildman–Crippen MR) is 155 cm³/mol. The zero-order chi connectivity index (χ0) is 28.4. The zero-order valence-corrected chi connectivity index (χ0v) is 25.7. The van der Waals surface area contributed by atoms with Crippen molar-refractivity contribution in [2.45, 2.75) is 119 Å². The summed E-state index contributed by atoms with van der Waals surface area (Å²) in [5, 5.41) is 2.98. The maximum absolute atomic E-state index is 12.7. The molecule has 2 fully saturated rings. The number of anilines is 1. The third kappa shape index (κ3) is 4.39. The number of fused-ring (bicyclic) bond motifs is 4. The maximum atomic E-state index is 12.7. The molecule has 0 aromatic carbocycles. The lowest BCUT2D eigenvalue weighted by Crippen LogP contribution is -2.55. The fourth-order valence-electron chi connectivity index (χ4n) is 10.3. The third-order valence-corrected chi connectivity index (χ3v) is 12.6. The van der Waals surface area contributed by atoms with Crippen molar-refractivity contribution in [2.75, 3.05) is 5.32 Å². The minimum Gasteiger partial charge on any atom is -0.462 e. The van der Waals surface area contributed by atoms with Gasteiger partial charge in [0, 0.05) is 38.2 Å². The van der Waals surface area contributed by atoms with Gasteiger partial charge >= 0.3 is 5.97 Å². The van der Waals surface area contributed by atoms with Crippen molar-refractivity contribution in [1.29, 1.82) is 0 Å². The first-order valence-corrected chi connectivity index (χ1v) is 15.4. The number of hydrogen-bond donors (Lipinski definition) is 1. The van der Waals surface area contributed by atoms with Gasteiger partial charge in [-0.05, 0) is 91.8 Å². The first-order chi connectivity index (χ1) is 18.2. The molecular formula is C33H51N3O3. The van der Waals surface area contributed by atoms with Gasteiger partial charge in [0.2, 0.25) is 11.9 Å². The summed E-state index contributed by atoms with van der Waals surface area (Å²) in [5.74, 6) is 2.23. The number of carbonyl (C=O) groups excluding carboxylic acids is 2. The molecule has 39 heavy (non-hydrogen) atoms. The number of nitrogens with one attached hydrogen (secondary N) is 1. The number of aryl methyl sites for hydroxylation is 1. The molecule has 0 spiro atoms. The highest BCUT2D eigenvalue weighted by atomic mass is 16.5. The van der Waals surface area contributed by atoms with Crippen molar-refractivity contribution in [2.24, 2.45) is 46.5 Å². The van der Waals surface area contributed by atoms with Crippen LogP contribution in [0.2, 0.25) is 0 Å². The quantitative estimate of drug-likeness (QED) is 0.302. The Balaban J connectivity index is 1.33. The smallest absolute Gasteiger partial charge is 0.302 e. The van der Waals surface area contributed by atoms with Gasteiger partial charge in [0.1, 0.15) is 6.10 Å². The van der Waals surface area contributed by atoms with E-state index in [1.54, 1.807) is 24.3 Å². The van der Waals surface area contributed by atoms with Crippen molar-refractivity contribution < 1.29 is 14.3 Å². The standard InChI is InChI=1S/C33H51N3O3/c1-21(9-12-28(38)35-29-34-19-20-36(29)8)23-13-17-33(7)25-10-11-26-30(3,4)27(39-22(2)37)15-16-31(26,5)24(25)14-18-32(23,33)6/h19-21,23,26-27H,9-18H2,1-8H3,(H,34,35,38)/t21-,23-,26+,27+,31-,32-,33+/m1/s1. The van der Waals surface area contributed by atoms with E-state index in [0.717, 1.165) is 19.3 Å². The molecule has 0 saturated heterocycles. The van der Waals surface area contributed by atoms with Crippen LogP contribution in [0.15, 0.2) is 23.5 Å². The highest BCUT2D eigenvalue weighted by Crippen LogP contribution is 2.72. The van der Waals surface area contributed by atoms with Crippen LogP contribution >= 0.6 is 0 Å². The molecule has 0 bridgehead atoms. The first-order valence-electron chi connectivity index (χ1n) is 15.4. The minimum absolute atomic E-state index is 0.0128. The van der Waals surface area contributed by atoms with Gasteiger partial charge in [0.05, 0.1) is 0 Å². The molecule has 7 atom stereocenters. The molecule has 0 radical (unpaired) electrons. The van der Waals surface area contributed by atoms with Gasteiger partial charge in [0.25, 0.3) is 0 Å². The first kappa shape index (κ1) is 28.4. The lowest BCUT2D eigenvalue weighted by molar-refractivity contribution is -0.167. The van der Waals surface area contributed by atoms with Gasteiger partial charge < -0.3 is 9.30 Å². The van der Waals surface area contributed by atoms with Gasteiger partial charge in [-0.2, -0.15) is 0 Å². The van der Waals surface area contributed by atoms with Crippen LogP contribution in [0.1, 0.15) is 113 Å². The number of allylic oxidation sites excluding steroid dienone is 2. The zero-order valence-electron chi connectivity index (χ0n) is 25.7. The Morgan fingerprint density at radius 3 is 2.49 bits per heavy atom. The monoisotopic (exact) mass is 537 g/mol. The number of carbonyl (C=O) groups is 2. The normalized spacial score (nSPS) is 37.9. The largest absolute Gasteiger partial charge is 0.462 e. The van der Waals surface area contributed by atoms with E-state index < -0.39 is 0 Å². The van der Waals surface area contributed by atoms with E-state index in [1.165, 1.54) is 38.5 Å². The number of rotatable bonds is 6. The molecule has 5 rings (SSSR count). The van der Waals surface area contributed by atoms with Crippen LogP contribution in [-0.2, 0) is 21.4 Å². The average molecular weight is 538 g/mol. The number of ether oxygens (including phenoxy) is 1. The molecule has 1 heterocycles. The average Bonchev–Trinajstić information content (AvgIpc) is 3.38. The second kappa shape index (κ2) is 9.76. The summed E-state index contributed by atoms with van der Waals surface area (Å²) in [6.45, 7) is 16.3.